The summed E-state index contributed by atoms with van der Waals surface area (Å²) < 4.78 is 65.6. The summed E-state index contributed by atoms with van der Waals surface area (Å²) >= 11 is 0. The van der Waals surface area contributed by atoms with E-state index in [1.807, 2.05) is 0 Å². The summed E-state index contributed by atoms with van der Waals surface area (Å²) in [6.07, 6.45) is -48.1. The Hall–Kier alpha value is -5.99. The normalized spacial score (nSPS) is 32.9. The van der Waals surface area contributed by atoms with Crippen LogP contribution in [0.4, 0.5) is 33.6 Å². The standard InChI is InChI=1S/C43H73N7O36/c51-11-16-20(55)24(59)27(62)32(79-16)83-31-23(58)19(14-54)82-35(30(31)65)86-39(69)44-1-4-74-7-8-77-42(72)49-36(66)50-43(73)78-15(9-47-37(67)75-5-2-45-40(70)84-33-28(63)25(60)21(56)17(12-52)80-33)10-48-38(68)76-6-3-46-41(71)85-34-29(64)26(61)22(57)18(13-53)81-34/h15-36,51-66H,1-14H2,(H,44,69)(H,45,70)(H,46,71)(H,47,67)(H,48,68)(H,49,72)(H,50,73)/t16-,17-,18-,19-,20-,21-,22-,23-,24+,25+,26+,27-,28+,29+,30+,31+,32-,33-,34-,35-,36?/m1/s1. The molecule has 0 spiro atoms. The summed E-state index contributed by atoms with van der Waals surface area (Å²) in [7, 11) is 0. The van der Waals surface area contributed by atoms with Crippen molar-refractivity contribution in [2.75, 3.05) is 92.2 Å². The van der Waals surface area contributed by atoms with Crippen molar-refractivity contribution in [2.24, 2.45) is 0 Å². The topological polar surface area (TPSA) is 647 Å². The van der Waals surface area contributed by atoms with E-state index in [4.69, 9.17) is 61.6 Å². The highest BCUT2D eigenvalue weighted by Gasteiger charge is 2.52. The van der Waals surface area contributed by atoms with Gasteiger partial charge in [0.2, 0.25) is 25.2 Å². The Kier molecular flexibility index (Phi) is 30.6. The third-order valence-electron chi connectivity index (χ3n) is 12.2. The zero-order valence-electron chi connectivity index (χ0n) is 44.9. The average Bonchev–Trinajstić information content (AvgIpc) is 2.88. The van der Waals surface area contributed by atoms with Gasteiger partial charge in [-0.15, -0.1) is 0 Å². The molecule has 86 heavy (non-hydrogen) atoms. The van der Waals surface area contributed by atoms with Gasteiger partial charge in [-0.1, -0.05) is 0 Å². The number of rotatable bonds is 28. The Morgan fingerprint density at radius 3 is 1.16 bits per heavy atom. The molecule has 21 atom stereocenters. The minimum absolute atomic E-state index is 0.263. The van der Waals surface area contributed by atoms with Crippen molar-refractivity contribution in [3.63, 3.8) is 0 Å². The molecule has 43 heteroatoms. The van der Waals surface area contributed by atoms with Gasteiger partial charge < -0.3 is 170 Å². The second-order valence-corrected chi connectivity index (χ2v) is 18.4. The zero-order valence-corrected chi connectivity index (χ0v) is 44.9. The van der Waals surface area contributed by atoms with Gasteiger partial charge in [0.1, 0.15) is 124 Å². The number of amides is 7. The van der Waals surface area contributed by atoms with Crippen LogP contribution < -0.4 is 37.2 Å². The highest BCUT2D eigenvalue weighted by molar-refractivity contribution is 5.72. The van der Waals surface area contributed by atoms with Crippen LogP contribution in [0.25, 0.3) is 0 Å². The number of hydrogen-bond acceptors (Lipinski definition) is 36. The van der Waals surface area contributed by atoms with E-state index in [1.54, 1.807) is 10.6 Å². The molecule has 0 bridgehead atoms. The summed E-state index contributed by atoms with van der Waals surface area (Å²) in [5.74, 6) is 0. The monoisotopic (exact) mass is 1260 g/mol. The molecule has 23 N–H and O–H groups in total. The van der Waals surface area contributed by atoms with E-state index in [0.717, 1.165) is 0 Å². The minimum atomic E-state index is -2.22. The summed E-state index contributed by atoms with van der Waals surface area (Å²) in [6.45, 7) is -8.05. The molecule has 4 saturated heterocycles. The van der Waals surface area contributed by atoms with Crippen molar-refractivity contribution in [1.82, 2.24) is 37.2 Å². The Bertz CT molecular complexity index is 2040. The molecule has 0 radical (unpaired) electrons. The van der Waals surface area contributed by atoms with Crippen LogP contribution in [-0.4, -0.2) is 352 Å². The number of aliphatic hydroxyl groups is 16. The number of nitrogens with one attached hydrogen (secondary N) is 7. The molecule has 0 aliphatic carbocycles. The van der Waals surface area contributed by atoms with E-state index in [2.05, 4.69) is 26.6 Å². The first-order valence-corrected chi connectivity index (χ1v) is 25.8. The maximum absolute atomic E-state index is 12.7. The fourth-order valence-electron chi connectivity index (χ4n) is 7.67. The maximum atomic E-state index is 12.7. The number of carbonyl (C=O) groups is 7. The van der Waals surface area contributed by atoms with E-state index in [1.165, 1.54) is 0 Å². The van der Waals surface area contributed by atoms with Gasteiger partial charge in [-0.2, -0.15) is 0 Å². The van der Waals surface area contributed by atoms with Crippen molar-refractivity contribution >= 4 is 42.7 Å². The van der Waals surface area contributed by atoms with Crippen LogP contribution in [-0.2, 0) is 61.6 Å². The second kappa shape index (κ2) is 36.4. The van der Waals surface area contributed by atoms with Gasteiger partial charge in [-0.25, -0.2) is 33.6 Å². The zero-order chi connectivity index (χ0) is 63.8. The minimum Gasteiger partial charge on any atom is -0.448 e. The molecule has 4 fully saturated rings. The first kappa shape index (κ1) is 72.5. The van der Waals surface area contributed by atoms with E-state index in [9.17, 15) is 115 Å². The molecule has 43 nitrogen and oxygen atoms in total. The SMILES string of the molecule is O=C(NCC(CNC(=O)OCCNC(=O)O[C@H]1O[C@H](CO)[C@@H](O)[C@H](O)[C@@H]1O)OC(=O)NC(O)NC(=O)OCCOCCNC(=O)O[C@H]1O[C@H](CO)[C@@H](O)[C@H](O[C@H]2O[C@H](CO)[C@@H](O)[C@H](O)[C@H]2O)[C@@H]1O)OCCNC(=O)O[C@H]1O[C@H](CO)[C@@H](O)[C@H](O)[C@@H]1O. The number of aliphatic hydroxyl groups excluding tert-OH is 16. The third kappa shape index (κ3) is 22.3. The molecule has 4 aliphatic heterocycles. The quantitative estimate of drug-likeness (QED) is 0.0196. The lowest BCUT2D eigenvalue weighted by Gasteiger charge is -2.45. The van der Waals surface area contributed by atoms with Gasteiger partial charge in [0, 0.05) is 6.54 Å². The molecule has 1 unspecified atom stereocenters. The van der Waals surface area contributed by atoms with Crippen molar-refractivity contribution in [2.45, 2.75) is 135 Å². The van der Waals surface area contributed by atoms with Gasteiger partial charge in [-0.3, -0.25) is 10.6 Å². The molecule has 0 saturated carbocycles. The van der Waals surface area contributed by atoms with E-state index in [-0.39, 0.29) is 19.8 Å². The first-order chi connectivity index (χ1) is 40.8. The van der Waals surface area contributed by atoms with Crippen LogP contribution >= 0.6 is 0 Å². The Labute approximate surface area is 483 Å². The number of alkyl carbamates (subject to hydrolysis) is 7. The van der Waals surface area contributed by atoms with Gasteiger partial charge in [0.15, 0.2) is 6.29 Å². The summed E-state index contributed by atoms with van der Waals surface area (Å²) in [5, 5.41) is 174. The van der Waals surface area contributed by atoms with Gasteiger partial charge >= 0.3 is 42.7 Å². The van der Waals surface area contributed by atoms with Crippen molar-refractivity contribution in [3.05, 3.63) is 0 Å². The van der Waals surface area contributed by atoms with E-state index in [0.29, 0.717) is 0 Å². The van der Waals surface area contributed by atoms with Gasteiger partial charge in [-0.05, 0) is 0 Å². The molecular weight excluding hydrogens is 1190 g/mol. The van der Waals surface area contributed by atoms with E-state index >= 15 is 0 Å². The van der Waals surface area contributed by atoms with Crippen molar-refractivity contribution in [1.29, 1.82) is 0 Å². The lowest BCUT2D eigenvalue weighted by Crippen LogP contribution is -2.65. The Morgan fingerprint density at radius 1 is 0.372 bits per heavy atom. The first-order valence-electron chi connectivity index (χ1n) is 25.8. The van der Waals surface area contributed by atoms with Crippen LogP contribution in [0.15, 0.2) is 0 Å². The largest absolute Gasteiger partial charge is 0.448 e. The highest BCUT2D eigenvalue weighted by atomic mass is 16.8. The lowest BCUT2D eigenvalue weighted by atomic mass is 9.97. The lowest BCUT2D eigenvalue weighted by molar-refractivity contribution is -0.354. The van der Waals surface area contributed by atoms with Gasteiger partial charge in [0.25, 0.3) is 0 Å². The molecule has 0 aromatic rings. The molecule has 7 amide bonds. The van der Waals surface area contributed by atoms with Crippen LogP contribution in [0, 0.1) is 0 Å². The Balaban J connectivity index is 1.17. The van der Waals surface area contributed by atoms with Crippen molar-refractivity contribution in [3.8, 4) is 0 Å². The fraction of sp³-hybridized carbons (Fsp3) is 0.837. The number of hydrogen-bond donors (Lipinski definition) is 23. The van der Waals surface area contributed by atoms with E-state index < -0.39 is 250 Å². The number of carbonyl (C=O) groups excluding carboxylic acids is 7. The fourth-order valence-corrected chi connectivity index (χ4v) is 7.67. The molecule has 4 heterocycles. The van der Waals surface area contributed by atoms with Crippen LogP contribution in [0.2, 0.25) is 0 Å². The van der Waals surface area contributed by atoms with Crippen LogP contribution in [0.1, 0.15) is 0 Å². The molecule has 4 rings (SSSR count). The van der Waals surface area contributed by atoms with Crippen molar-refractivity contribution < 1.29 is 177 Å². The predicted molar refractivity (Wildman–Crippen MR) is 261 cm³/mol. The highest BCUT2D eigenvalue weighted by Crippen LogP contribution is 2.30. The van der Waals surface area contributed by atoms with Gasteiger partial charge in [0.05, 0.1) is 65.8 Å². The summed E-state index contributed by atoms with van der Waals surface area (Å²) in [4.78, 5) is 86.8. The molecule has 0 aromatic heterocycles. The number of ether oxygens (including phenoxy) is 13. The average molecular weight is 1260 g/mol. The van der Waals surface area contributed by atoms with Crippen LogP contribution in [0.5, 0.6) is 0 Å². The second-order valence-electron chi connectivity index (χ2n) is 18.4. The predicted octanol–water partition coefficient (Wildman–Crippen LogP) is -13.0. The molecular formula is C43H73N7O36. The van der Waals surface area contributed by atoms with Crippen LogP contribution in [0.3, 0.4) is 0 Å². The molecule has 4 aliphatic rings. The maximum Gasteiger partial charge on any atom is 0.411 e. The third-order valence-corrected chi connectivity index (χ3v) is 12.2. The molecule has 0 aromatic carbocycles. The Morgan fingerprint density at radius 2 is 0.733 bits per heavy atom. The smallest absolute Gasteiger partial charge is 0.411 e. The summed E-state index contributed by atoms with van der Waals surface area (Å²) in [5.41, 5.74) is 0. The molecule has 496 valence electrons. The summed E-state index contributed by atoms with van der Waals surface area (Å²) in [6, 6.07) is 0.